The molecule has 0 N–H and O–H groups in total. The smallest absolute Gasteiger partial charge is 0.260 e. The zero-order valence-electron chi connectivity index (χ0n) is 17.6. The van der Waals surface area contributed by atoms with Crippen LogP contribution in [-0.2, 0) is 0 Å². The number of aromatic nitrogens is 1. The van der Waals surface area contributed by atoms with Crippen LogP contribution >= 0.6 is 23.7 Å². The number of amides is 1. The summed E-state index contributed by atoms with van der Waals surface area (Å²) in [6.45, 7) is 7.95. The second-order valence-corrected chi connectivity index (χ2v) is 8.10. The molecule has 29 heavy (non-hydrogen) atoms. The predicted molar refractivity (Wildman–Crippen MR) is 124 cm³/mol. The van der Waals surface area contributed by atoms with Gasteiger partial charge in [-0.3, -0.25) is 9.69 Å². The van der Waals surface area contributed by atoms with E-state index in [1.807, 2.05) is 64.3 Å². The molecule has 0 radical (unpaired) electrons. The molecule has 1 heterocycles. The Hall–Kier alpha value is -2.15. The van der Waals surface area contributed by atoms with Crippen LogP contribution in [0.2, 0.25) is 0 Å². The lowest BCUT2D eigenvalue weighted by molar-refractivity contribution is 0.0985. The fraction of sp³-hybridized carbons (Fsp3) is 0.364. The van der Waals surface area contributed by atoms with Gasteiger partial charge in [0.2, 0.25) is 0 Å². The topological polar surface area (TPSA) is 45.7 Å². The lowest BCUT2D eigenvalue weighted by Crippen LogP contribution is -2.36. The molecule has 0 aliphatic heterocycles. The molecule has 3 aromatic rings. The zero-order valence-corrected chi connectivity index (χ0v) is 19.2. The van der Waals surface area contributed by atoms with E-state index in [2.05, 4.69) is 11.8 Å². The van der Waals surface area contributed by atoms with Crippen LogP contribution in [0.15, 0.2) is 36.4 Å². The summed E-state index contributed by atoms with van der Waals surface area (Å²) in [6, 6.07) is 11.8. The van der Waals surface area contributed by atoms with Gasteiger partial charge in [0.1, 0.15) is 11.3 Å². The monoisotopic (exact) mass is 433 g/mol. The molecule has 1 amide bonds. The molecule has 7 heteroatoms. The highest BCUT2D eigenvalue weighted by Gasteiger charge is 2.22. The van der Waals surface area contributed by atoms with Crippen molar-refractivity contribution in [2.24, 2.45) is 0 Å². The van der Waals surface area contributed by atoms with Crippen molar-refractivity contribution in [3.8, 4) is 5.75 Å². The van der Waals surface area contributed by atoms with Crippen LogP contribution in [0.4, 0.5) is 5.13 Å². The first-order valence-corrected chi connectivity index (χ1v) is 10.3. The molecular formula is C22H28ClN3O2S. The molecule has 3 rings (SSSR count). The van der Waals surface area contributed by atoms with E-state index in [0.29, 0.717) is 23.8 Å². The highest BCUT2D eigenvalue weighted by molar-refractivity contribution is 7.22. The molecule has 0 saturated carbocycles. The number of nitrogens with zero attached hydrogens (tertiary/aromatic N) is 3. The number of thiazole rings is 1. The highest BCUT2D eigenvalue weighted by Crippen LogP contribution is 2.34. The van der Waals surface area contributed by atoms with Crippen molar-refractivity contribution in [2.75, 3.05) is 38.7 Å². The largest absolute Gasteiger partial charge is 0.492 e. The van der Waals surface area contributed by atoms with Crippen LogP contribution in [0.1, 0.15) is 28.4 Å². The van der Waals surface area contributed by atoms with E-state index in [1.54, 1.807) is 4.90 Å². The molecule has 0 saturated heterocycles. The maximum absolute atomic E-state index is 13.4. The Balaban J connectivity index is 0.00000300. The lowest BCUT2D eigenvalue weighted by atomic mass is 10.1. The summed E-state index contributed by atoms with van der Waals surface area (Å²) >= 11 is 1.52. The molecule has 0 atom stereocenters. The van der Waals surface area contributed by atoms with Crippen molar-refractivity contribution in [2.45, 2.75) is 20.8 Å². The third-order valence-corrected chi connectivity index (χ3v) is 5.71. The molecule has 1 aromatic heterocycles. The van der Waals surface area contributed by atoms with Gasteiger partial charge in [0, 0.05) is 18.7 Å². The molecule has 0 spiro atoms. The molecule has 0 unspecified atom stereocenters. The van der Waals surface area contributed by atoms with Gasteiger partial charge in [0.15, 0.2) is 5.13 Å². The van der Waals surface area contributed by atoms with Crippen LogP contribution in [0.25, 0.3) is 10.2 Å². The summed E-state index contributed by atoms with van der Waals surface area (Å²) in [5.74, 6) is 0.732. The maximum Gasteiger partial charge on any atom is 0.260 e. The number of carbonyl (C=O) groups is 1. The summed E-state index contributed by atoms with van der Waals surface area (Å²) in [6.07, 6.45) is 0. The van der Waals surface area contributed by atoms with Gasteiger partial charge in [-0.1, -0.05) is 23.5 Å². The number of para-hydroxylation sites is 1. The van der Waals surface area contributed by atoms with Gasteiger partial charge >= 0.3 is 0 Å². The Labute approximate surface area is 182 Å². The first kappa shape index (κ1) is 23.1. The van der Waals surface area contributed by atoms with E-state index < -0.39 is 0 Å². The maximum atomic E-state index is 13.4. The van der Waals surface area contributed by atoms with Gasteiger partial charge in [-0.2, -0.15) is 0 Å². The summed E-state index contributed by atoms with van der Waals surface area (Å²) in [7, 11) is 4.01. The number of aryl methyl sites for hydroxylation is 2. The fourth-order valence-corrected chi connectivity index (χ4v) is 3.92. The molecule has 0 bridgehead atoms. The van der Waals surface area contributed by atoms with Gasteiger partial charge < -0.3 is 9.64 Å². The summed E-state index contributed by atoms with van der Waals surface area (Å²) in [5.41, 5.74) is 3.79. The zero-order chi connectivity index (χ0) is 20.3. The average molecular weight is 434 g/mol. The van der Waals surface area contributed by atoms with E-state index in [-0.39, 0.29) is 18.3 Å². The second kappa shape index (κ2) is 10.1. The predicted octanol–water partition coefficient (Wildman–Crippen LogP) is 4.94. The van der Waals surface area contributed by atoms with Gasteiger partial charge in [0.05, 0.1) is 11.3 Å². The minimum absolute atomic E-state index is 0. The Kier molecular flexibility index (Phi) is 8.02. The standard InChI is InChI=1S/C22H27N3O2S.ClH/c1-6-27-18-8-7-9-19-20(18)23-22(28-19)25(13-12-24(4)5)21(26)17-11-10-15(2)16(3)14-17;/h7-11,14H,6,12-13H2,1-5H3;1H. The van der Waals surface area contributed by atoms with E-state index >= 15 is 0 Å². The minimum atomic E-state index is -0.0260. The van der Waals surface area contributed by atoms with Crippen LogP contribution in [0, 0.1) is 13.8 Å². The van der Waals surface area contributed by atoms with Crippen molar-refractivity contribution in [1.29, 1.82) is 0 Å². The molecule has 5 nitrogen and oxygen atoms in total. The van der Waals surface area contributed by atoms with E-state index in [1.165, 1.54) is 16.9 Å². The van der Waals surface area contributed by atoms with Crippen molar-refractivity contribution in [1.82, 2.24) is 9.88 Å². The van der Waals surface area contributed by atoms with Crippen molar-refractivity contribution in [3.63, 3.8) is 0 Å². The van der Waals surface area contributed by atoms with Gasteiger partial charge in [-0.15, -0.1) is 12.4 Å². The first-order chi connectivity index (χ1) is 13.4. The van der Waals surface area contributed by atoms with Gasteiger partial charge in [0.25, 0.3) is 5.91 Å². The average Bonchev–Trinajstić information content (AvgIpc) is 3.09. The van der Waals surface area contributed by atoms with Crippen LogP contribution in [0.5, 0.6) is 5.75 Å². The molecule has 156 valence electrons. The van der Waals surface area contributed by atoms with E-state index in [9.17, 15) is 4.79 Å². The number of anilines is 1. The van der Waals surface area contributed by atoms with E-state index in [4.69, 9.17) is 9.72 Å². The number of carbonyl (C=O) groups excluding carboxylic acids is 1. The number of likely N-dealkylation sites (N-methyl/N-ethyl adjacent to an activating group) is 1. The van der Waals surface area contributed by atoms with Crippen LogP contribution in [-0.4, -0.2) is 49.6 Å². The van der Waals surface area contributed by atoms with Crippen LogP contribution in [0.3, 0.4) is 0 Å². The third-order valence-electron chi connectivity index (χ3n) is 4.67. The Morgan fingerprint density at radius 3 is 2.52 bits per heavy atom. The number of rotatable bonds is 7. The number of hydrogen-bond donors (Lipinski definition) is 0. The lowest BCUT2D eigenvalue weighted by Gasteiger charge is -2.22. The number of hydrogen-bond acceptors (Lipinski definition) is 5. The SMILES string of the molecule is CCOc1cccc2sc(N(CCN(C)C)C(=O)c3ccc(C)c(C)c3)nc12.Cl. The van der Waals surface area contributed by atoms with E-state index in [0.717, 1.165) is 28.1 Å². The summed E-state index contributed by atoms with van der Waals surface area (Å²) < 4.78 is 6.73. The molecule has 2 aromatic carbocycles. The molecule has 0 aliphatic carbocycles. The van der Waals surface area contributed by atoms with Crippen molar-refractivity contribution in [3.05, 3.63) is 53.1 Å². The highest BCUT2D eigenvalue weighted by atomic mass is 35.5. The molecular weight excluding hydrogens is 406 g/mol. The van der Waals surface area contributed by atoms with Gasteiger partial charge in [-0.05, 0) is 70.3 Å². The second-order valence-electron chi connectivity index (χ2n) is 7.09. The number of benzene rings is 2. The number of fused-ring (bicyclic) bond motifs is 1. The van der Waals surface area contributed by atoms with Crippen molar-refractivity contribution < 1.29 is 9.53 Å². The third kappa shape index (κ3) is 5.26. The summed E-state index contributed by atoms with van der Waals surface area (Å²) in [5, 5.41) is 0.701. The Bertz CT molecular complexity index is 987. The van der Waals surface area contributed by atoms with Crippen LogP contribution < -0.4 is 9.64 Å². The quantitative estimate of drug-likeness (QED) is 0.529. The Morgan fingerprint density at radius 2 is 1.86 bits per heavy atom. The first-order valence-electron chi connectivity index (χ1n) is 9.47. The fourth-order valence-electron chi connectivity index (χ4n) is 2.91. The molecule has 0 aliphatic rings. The minimum Gasteiger partial charge on any atom is -0.492 e. The number of ether oxygens (including phenoxy) is 1. The number of halogens is 1. The van der Waals surface area contributed by atoms with Gasteiger partial charge in [-0.25, -0.2) is 4.98 Å². The van der Waals surface area contributed by atoms with Crippen molar-refractivity contribution >= 4 is 45.0 Å². The summed E-state index contributed by atoms with van der Waals surface area (Å²) in [4.78, 5) is 22.0. The molecule has 0 fully saturated rings. The normalized spacial score (nSPS) is 10.8. The Morgan fingerprint density at radius 1 is 1.10 bits per heavy atom.